The predicted molar refractivity (Wildman–Crippen MR) is 69.0 cm³/mol. The standard InChI is InChI=1S/C13H26N2O2/c1-5-14-10(2)8-13(16)15-7-6-12(17-4)9-11(15)3/h10-12,14H,5-9H2,1-4H3. The maximum absolute atomic E-state index is 12.1. The number of hydrogen-bond acceptors (Lipinski definition) is 3. The molecule has 1 heterocycles. The van der Waals surface area contributed by atoms with Crippen molar-refractivity contribution in [3.05, 3.63) is 0 Å². The van der Waals surface area contributed by atoms with Gasteiger partial charge < -0.3 is 15.0 Å². The third-order valence-corrected chi connectivity index (χ3v) is 3.52. The van der Waals surface area contributed by atoms with Crippen LogP contribution in [0.5, 0.6) is 0 Å². The number of nitrogens with one attached hydrogen (secondary N) is 1. The summed E-state index contributed by atoms with van der Waals surface area (Å²) in [7, 11) is 1.75. The molecule has 1 fully saturated rings. The molecule has 0 aromatic carbocycles. The van der Waals surface area contributed by atoms with Crippen molar-refractivity contribution in [3.8, 4) is 0 Å². The van der Waals surface area contributed by atoms with Crippen LogP contribution >= 0.6 is 0 Å². The van der Waals surface area contributed by atoms with Gasteiger partial charge in [-0.3, -0.25) is 4.79 Å². The monoisotopic (exact) mass is 242 g/mol. The Hall–Kier alpha value is -0.610. The minimum Gasteiger partial charge on any atom is -0.381 e. The minimum absolute atomic E-state index is 0.264. The van der Waals surface area contributed by atoms with E-state index in [2.05, 4.69) is 26.1 Å². The van der Waals surface area contributed by atoms with Crippen molar-refractivity contribution in [2.24, 2.45) is 0 Å². The second kappa shape index (κ2) is 6.97. The normalized spacial score (nSPS) is 26.9. The minimum atomic E-state index is 0.264. The van der Waals surface area contributed by atoms with E-state index in [4.69, 9.17) is 4.74 Å². The molecule has 1 aliphatic heterocycles. The van der Waals surface area contributed by atoms with Gasteiger partial charge in [-0.05, 0) is 33.2 Å². The molecule has 3 atom stereocenters. The van der Waals surface area contributed by atoms with Crippen molar-refractivity contribution in [2.45, 2.75) is 58.2 Å². The van der Waals surface area contributed by atoms with E-state index >= 15 is 0 Å². The third kappa shape index (κ3) is 4.28. The van der Waals surface area contributed by atoms with Gasteiger partial charge in [0.05, 0.1) is 6.10 Å². The molecule has 0 aliphatic carbocycles. The van der Waals surface area contributed by atoms with E-state index in [-0.39, 0.29) is 11.9 Å². The first-order valence-corrected chi connectivity index (χ1v) is 6.64. The SMILES string of the molecule is CCNC(C)CC(=O)N1CCC(OC)CC1C. The first-order valence-electron chi connectivity index (χ1n) is 6.64. The van der Waals surface area contributed by atoms with E-state index in [1.54, 1.807) is 7.11 Å². The molecule has 0 aromatic rings. The third-order valence-electron chi connectivity index (χ3n) is 3.52. The molecule has 0 saturated carbocycles. The Kier molecular flexibility index (Phi) is 5.92. The highest BCUT2D eigenvalue weighted by Crippen LogP contribution is 2.20. The maximum atomic E-state index is 12.1. The molecule has 1 rings (SSSR count). The van der Waals surface area contributed by atoms with Crippen molar-refractivity contribution < 1.29 is 9.53 Å². The summed E-state index contributed by atoms with van der Waals surface area (Å²) in [5.41, 5.74) is 0. The molecule has 0 spiro atoms. The van der Waals surface area contributed by atoms with Crippen LogP contribution in [0.25, 0.3) is 0 Å². The van der Waals surface area contributed by atoms with Gasteiger partial charge in [0.1, 0.15) is 0 Å². The van der Waals surface area contributed by atoms with Crippen molar-refractivity contribution >= 4 is 5.91 Å². The first kappa shape index (κ1) is 14.5. The van der Waals surface area contributed by atoms with Crippen molar-refractivity contribution in [1.82, 2.24) is 10.2 Å². The fraction of sp³-hybridized carbons (Fsp3) is 0.923. The van der Waals surface area contributed by atoms with E-state index < -0.39 is 0 Å². The van der Waals surface area contributed by atoms with Gasteiger partial charge in [-0.1, -0.05) is 6.92 Å². The fourth-order valence-corrected chi connectivity index (χ4v) is 2.51. The highest BCUT2D eigenvalue weighted by molar-refractivity contribution is 5.77. The summed E-state index contributed by atoms with van der Waals surface area (Å²) in [6.07, 6.45) is 2.83. The van der Waals surface area contributed by atoms with Crippen LogP contribution in [0.2, 0.25) is 0 Å². The van der Waals surface area contributed by atoms with Gasteiger partial charge in [0.2, 0.25) is 5.91 Å². The average molecular weight is 242 g/mol. The largest absolute Gasteiger partial charge is 0.381 e. The lowest BCUT2D eigenvalue weighted by molar-refractivity contribution is -0.136. The molecule has 17 heavy (non-hydrogen) atoms. The van der Waals surface area contributed by atoms with Crippen LogP contribution < -0.4 is 5.32 Å². The van der Waals surface area contributed by atoms with Crippen molar-refractivity contribution in [1.29, 1.82) is 0 Å². The molecule has 1 N–H and O–H groups in total. The summed E-state index contributed by atoms with van der Waals surface area (Å²) >= 11 is 0. The van der Waals surface area contributed by atoms with Crippen LogP contribution in [-0.2, 0) is 9.53 Å². The summed E-state index contributed by atoms with van der Waals surface area (Å²) in [4.78, 5) is 14.1. The summed E-state index contributed by atoms with van der Waals surface area (Å²) in [5, 5.41) is 3.28. The van der Waals surface area contributed by atoms with Crippen LogP contribution in [0, 0.1) is 0 Å². The molecule has 0 aromatic heterocycles. The molecule has 4 nitrogen and oxygen atoms in total. The summed E-state index contributed by atoms with van der Waals surface area (Å²) in [6, 6.07) is 0.565. The quantitative estimate of drug-likeness (QED) is 0.792. The van der Waals surface area contributed by atoms with E-state index in [0.717, 1.165) is 25.9 Å². The Labute approximate surface area is 105 Å². The molecule has 4 heteroatoms. The Balaban J connectivity index is 2.42. The Morgan fingerprint density at radius 1 is 1.59 bits per heavy atom. The molecule has 1 aliphatic rings. The number of ether oxygens (including phenoxy) is 1. The lowest BCUT2D eigenvalue weighted by Crippen LogP contribution is -2.48. The second-order valence-electron chi connectivity index (χ2n) is 4.98. The van der Waals surface area contributed by atoms with Gasteiger partial charge in [-0.2, -0.15) is 0 Å². The molecular weight excluding hydrogens is 216 g/mol. The molecule has 1 amide bonds. The zero-order valence-electron chi connectivity index (χ0n) is 11.5. The van der Waals surface area contributed by atoms with Gasteiger partial charge in [0.25, 0.3) is 0 Å². The lowest BCUT2D eigenvalue weighted by Gasteiger charge is -2.37. The number of rotatable bonds is 5. The number of carbonyl (C=O) groups is 1. The highest BCUT2D eigenvalue weighted by atomic mass is 16.5. The number of amides is 1. The summed E-state index contributed by atoms with van der Waals surface area (Å²) in [6.45, 7) is 7.98. The highest BCUT2D eigenvalue weighted by Gasteiger charge is 2.28. The topological polar surface area (TPSA) is 41.6 Å². The van der Waals surface area contributed by atoms with Crippen LogP contribution in [0.1, 0.15) is 40.0 Å². The number of hydrogen-bond donors (Lipinski definition) is 1. The van der Waals surface area contributed by atoms with Gasteiger partial charge >= 0.3 is 0 Å². The number of carbonyl (C=O) groups excluding carboxylic acids is 1. The van der Waals surface area contributed by atoms with E-state index in [1.807, 2.05) is 4.90 Å². The van der Waals surface area contributed by atoms with Gasteiger partial charge in [-0.25, -0.2) is 0 Å². The maximum Gasteiger partial charge on any atom is 0.224 e. The van der Waals surface area contributed by atoms with E-state index in [0.29, 0.717) is 18.6 Å². The zero-order chi connectivity index (χ0) is 12.8. The van der Waals surface area contributed by atoms with E-state index in [9.17, 15) is 4.79 Å². The number of likely N-dealkylation sites (tertiary alicyclic amines) is 1. The van der Waals surface area contributed by atoms with Crippen molar-refractivity contribution in [3.63, 3.8) is 0 Å². The van der Waals surface area contributed by atoms with Gasteiger partial charge in [0.15, 0.2) is 0 Å². The lowest BCUT2D eigenvalue weighted by atomic mass is 9.99. The molecule has 100 valence electrons. The smallest absolute Gasteiger partial charge is 0.224 e. The summed E-state index contributed by atoms with van der Waals surface area (Å²) < 4.78 is 5.36. The van der Waals surface area contributed by atoms with E-state index in [1.165, 1.54) is 0 Å². The molecule has 0 bridgehead atoms. The predicted octanol–water partition coefficient (Wildman–Crippen LogP) is 1.40. The molecule has 1 saturated heterocycles. The van der Waals surface area contributed by atoms with Gasteiger partial charge in [0, 0.05) is 32.2 Å². The zero-order valence-corrected chi connectivity index (χ0v) is 11.5. The van der Waals surface area contributed by atoms with Crippen LogP contribution in [0.3, 0.4) is 0 Å². The molecule has 3 unspecified atom stereocenters. The van der Waals surface area contributed by atoms with Crippen LogP contribution in [-0.4, -0.2) is 49.2 Å². The van der Waals surface area contributed by atoms with Crippen molar-refractivity contribution in [2.75, 3.05) is 20.2 Å². The van der Waals surface area contributed by atoms with Gasteiger partial charge in [-0.15, -0.1) is 0 Å². The number of piperidine rings is 1. The van der Waals surface area contributed by atoms with Crippen LogP contribution in [0.4, 0.5) is 0 Å². The first-order chi connectivity index (χ1) is 8.08. The molecular formula is C13H26N2O2. The Morgan fingerprint density at radius 2 is 2.29 bits per heavy atom. The Morgan fingerprint density at radius 3 is 2.82 bits per heavy atom. The summed E-state index contributed by atoms with van der Waals surface area (Å²) in [5.74, 6) is 0.264. The molecule has 0 radical (unpaired) electrons. The number of methoxy groups -OCH3 is 1. The van der Waals surface area contributed by atoms with Crippen LogP contribution in [0.15, 0.2) is 0 Å². The Bertz CT molecular complexity index is 246. The average Bonchev–Trinajstić information content (AvgIpc) is 2.28. The fourth-order valence-electron chi connectivity index (χ4n) is 2.51. The number of nitrogens with zero attached hydrogens (tertiary/aromatic N) is 1. The second-order valence-corrected chi connectivity index (χ2v) is 4.98.